The Bertz CT molecular complexity index is 1080. The lowest BCUT2D eigenvalue weighted by Crippen LogP contribution is -2.39. The lowest BCUT2D eigenvalue weighted by molar-refractivity contribution is -0.117. The number of rotatable bonds is 4. The number of nitrogens with one attached hydrogen (secondary N) is 1. The van der Waals surface area contributed by atoms with Crippen LogP contribution < -0.4 is 15.9 Å². The van der Waals surface area contributed by atoms with E-state index in [2.05, 4.69) is 34.1 Å². The van der Waals surface area contributed by atoms with Gasteiger partial charge in [0.2, 0.25) is 11.6 Å². The molecule has 1 aromatic carbocycles. The Balaban J connectivity index is 1.59. The summed E-state index contributed by atoms with van der Waals surface area (Å²) >= 11 is 0. The molecule has 29 heavy (non-hydrogen) atoms. The number of anilines is 2. The van der Waals surface area contributed by atoms with Gasteiger partial charge in [0.15, 0.2) is 5.82 Å². The van der Waals surface area contributed by atoms with Crippen LogP contribution in [0.1, 0.15) is 20.3 Å². The van der Waals surface area contributed by atoms with E-state index in [-0.39, 0.29) is 12.4 Å². The summed E-state index contributed by atoms with van der Waals surface area (Å²) in [6, 6.07) is 5.43. The van der Waals surface area contributed by atoms with E-state index in [1.54, 1.807) is 12.4 Å². The molecule has 0 aliphatic carbocycles. The van der Waals surface area contributed by atoms with Crippen LogP contribution in [0.25, 0.3) is 5.65 Å². The van der Waals surface area contributed by atoms with Crippen molar-refractivity contribution in [3.05, 3.63) is 53.0 Å². The second kappa shape index (κ2) is 7.65. The lowest BCUT2D eigenvalue weighted by Gasteiger charge is -2.35. The van der Waals surface area contributed by atoms with Gasteiger partial charge >= 0.3 is 5.69 Å². The van der Waals surface area contributed by atoms with Crippen molar-refractivity contribution in [3.8, 4) is 0 Å². The van der Waals surface area contributed by atoms with Crippen molar-refractivity contribution in [2.24, 2.45) is 11.8 Å². The van der Waals surface area contributed by atoms with Crippen molar-refractivity contribution < 1.29 is 9.18 Å². The van der Waals surface area contributed by atoms with Gasteiger partial charge in [-0.25, -0.2) is 23.3 Å². The Morgan fingerprint density at radius 3 is 2.59 bits per heavy atom. The quantitative estimate of drug-likeness (QED) is 0.728. The molecule has 0 unspecified atom stereocenters. The van der Waals surface area contributed by atoms with E-state index in [4.69, 9.17) is 0 Å². The molecule has 1 saturated heterocycles. The van der Waals surface area contributed by atoms with Crippen molar-refractivity contribution in [1.82, 2.24) is 19.2 Å². The number of aromatic nitrogens is 4. The molecule has 4 rings (SSSR count). The maximum absolute atomic E-state index is 13.0. The average molecular weight is 398 g/mol. The lowest BCUT2D eigenvalue weighted by atomic mass is 9.92. The first kappa shape index (κ1) is 19.1. The first-order valence-electron chi connectivity index (χ1n) is 9.65. The van der Waals surface area contributed by atoms with E-state index in [0.29, 0.717) is 29.0 Å². The molecular formula is C20H23FN6O2. The molecule has 3 aromatic rings. The zero-order valence-corrected chi connectivity index (χ0v) is 16.4. The van der Waals surface area contributed by atoms with Gasteiger partial charge in [-0.1, -0.05) is 13.8 Å². The van der Waals surface area contributed by atoms with Gasteiger partial charge in [0, 0.05) is 31.2 Å². The van der Waals surface area contributed by atoms with Crippen LogP contribution in [0.2, 0.25) is 0 Å². The van der Waals surface area contributed by atoms with E-state index in [1.165, 1.54) is 28.7 Å². The number of nitrogens with zero attached hydrogens (tertiary/aromatic N) is 5. The molecular weight excluding hydrogens is 375 g/mol. The molecule has 8 nitrogen and oxygen atoms in total. The third-order valence-electron chi connectivity index (χ3n) is 5.07. The van der Waals surface area contributed by atoms with Crippen LogP contribution in [-0.2, 0) is 11.3 Å². The van der Waals surface area contributed by atoms with Crippen LogP contribution in [0.15, 0.2) is 41.5 Å². The summed E-state index contributed by atoms with van der Waals surface area (Å²) in [5, 5.41) is 7.01. The third-order valence-corrected chi connectivity index (χ3v) is 5.07. The van der Waals surface area contributed by atoms with Crippen molar-refractivity contribution in [3.63, 3.8) is 0 Å². The van der Waals surface area contributed by atoms with Crippen molar-refractivity contribution in [2.45, 2.75) is 26.8 Å². The van der Waals surface area contributed by atoms with Crippen LogP contribution in [0.4, 0.5) is 15.9 Å². The number of hydrogen-bond acceptors (Lipinski definition) is 5. The zero-order valence-electron chi connectivity index (χ0n) is 16.4. The fraction of sp³-hybridized carbons (Fsp3) is 0.400. The second-order valence-corrected chi connectivity index (χ2v) is 7.79. The minimum atomic E-state index is -0.420. The maximum Gasteiger partial charge on any atom is 0.350 e. The Labute approximate surface area is 167 Å². The van der Waals surface area contributed by atoms with Gasteiger partial charge in [0.1, 0.15) is 12.4 Å². The zero-order chi connectivity index (χ0) is 20.5. The van der Waals surface area contributed by atoms with Gasteiger partial charge in [-0.3, -0.25) is 4.79 Å². The summed E-state index contributed by atoms with van der Waals surface area (Å²) < 4.78 is 15.5. The summed E-state index contributed by atoms with van der Waals surface area (Å²) in [7, 11) is 0. The minimum Gasteiger partial charge on any atom is -0.353 e. The van der Waals surface area contributed by atoms with E-state index in [1.807, 2.05) is 0 Å². The number of benzene rings is 1. The number of halogens is 1. The summed E-state index contributed by atoms with van der Waals surface area (Å²) in [5.41, 5.74) is 0.483. The highest BCUT2D eigenvalue weighted by Gasteiger charge is 2.25. The Kier molecular flexibility index (Phi) is 5.04. The molecule has 1 N–H and O–H groups in total. The summed E-state index contributed by atoms with van der Waals surface area (Å²) in [5.74, 6) is 0.894. The number of fused-ring (bicyclic) bond motifs is 1. The average Bonchev–Trinajstić information content (AvgIpc) is 2.98. The van der Waals surface area contributed by atoms with Crippen molar-refractivity contribution in [2.75, 3.05) is 23.3 Å². The number of hydrogen-bond donors (Lipinski definition) is 1. The summed E-state index contributed by atoms with van der Waals surface area (Å²) in [6.45, 7) is 5.86. The second-order valence-electron chi connectivity index (χ2n) is 7.79. The number of piperidine rings is 1. The van der Waals surface area contributed by atoms with Crippen LogP contribution in [0, 0.1) is 17.7 Å². The molecule has 3 heterocycles. The summed E-state index contributed by atoms with van der Waals surface area (Å²) in [4.78, 5) is 31.7. The smallest absolute Gasteiger partial charge is 0.350 e. The minimum absolute atomic E-state index is 0.246. The Morgan fingerprint density at radius 1 is 1.21 bits per heavy atom. The Hall–Kier alpha value is -3.23. The summed E-state index contributed by atoms with van der Waals surface area (Å²) in [6.07, 6.45) is 4.29. The highest BCUT2D eigenvalue weighted by atomic mass is 19.1. The molecule has 1 fully saturated rings. The molecule has 9 heteroatoms. The Morgan fingerprint density at radius 2 is 1.90 bits per heavy atom. The number of amides is 1. The fourth-order valence-electron chi connectivity index (χ4n) is 3.97. The van der Waals surface area contributed by atoms with Crippen LogP contribution >= 0.6 is 0 Å². The molecule has 152 valence electrons. The molecule has 0 saturated carbocycles. The van der Waals surface area contributed by atoms with Gasteiger partial charge in [-0.15, -0.1) is 5.10 Å². The van der Waals surface area contributed by atoms with E-state index < -0.39 is 11.6 Å². The van der Waals surface area contributed by atoms with E-state index in [9.17, 15) is 14.0 Å². The molecule has 0 spiro atoms. The molecule has 0 bridgehead atoms. The van der Waals surface area contributed by atoms with Gasteiger partial charge in [0.25, 0.3) is 0 Å². The molecule has 1 aliphatic heterocycles. The topological polar surface area (TPSA) is 84.5 Å². The monoisotopic (exact) mass is 398 g/mol. The molecule has 1 aliphatic rings. The van der Waals surface area contributed by atoms with Gasteiger partial charge in [0.05, 0.1) is 0 Å². The predicted octanol–water partition coefficient (Wildman–Crippen LogP) is 2.15. The van der Waals surface area contributed by atoms with Crippen LogP contribution in [-0.4, -0.2) is 38.2 Å². The first-order chi connectivity index (χ1) is 13.9. The number of carbonyl (C=O) groups is 1. The normalized spacial score (nSPS) is 19.5. The van der Waals surface area contributed by atoms with E-state index in [0.717, 1.165) is 24.2 Å². The fourth-order valence-corrected chi connectivity index (χ4v) is 3.97. The molecule has 1 amide bonds. The van der Waals surface area contributed by atoms with Crippen LogP contribution in [0.5, 0.6) is 0 Å². The van der Waals surface area contributed by atoms with Gasteiger partial charge in [-0.05, 0) is 42.5 Å². The molecule has 0 radical (unpaired) electrons. The van der Waals surface area contributed by atoms with Crippen molar-refractivity contribution >= 4 is 23.1 Å². The molecule has 2 atom stereocenters. The number of carbonyl (C=O) groups excluding carboxylic acids is 1. The van der Waals surface area contributed by atoms with Crippen molar-refractivity contribution in [1.29, 1.82) is 0 Å². The van der Waals surface area contributed by atoms with E-state index >= 15 is 0 Å². The predicted molar refractivity (Wildman–Crippen MR) is 107 cm³/mol. The molecule has 2 aromatic heterocycles. The third kappa shape index (κ3) is 3.98. The standard InChI is InChI=1S/C20H23FN6O2/c1-13-9-14(2)11-25(10-13)18-19-24-27(20(29)26(19)8-7-22-18)12-17(28)23-16-5-3-15(21)4-6-16/h3-8,13-14H,9-12H2,1-2H3,(H,23,28)/t13-,14-/m1/s1. The largest absolute Gasteiger partial charge is 0.353 e. The van der Waals surface area contributed by atoms with Gasteiger partial charge in [-0.2, -0.15) is 0 Å². The first-order valence-corrected chi connectivity index (χ1v) is 9.65. The maximum atomic E-state index is 13.0. The van der Waals surface area contributed by atoms with Crippen LogP contribution in [0.3, 0.4) is 0 Å². The van der Waals surface area contributed by atoms with Gasteiger partial charge < -0.3 is 10.2 Å². The highest BCUT2D eigenvalue weighted by Crippen LogP contribution is 2.26. The SMILES string of the molecule is C[C@@H]1C[C@@H](C)CN(c2nccn3c(=O)n(CC(=O)Nc4ccc(F)cc4)nc23)C1. The highest BCUT2D eigenvalue weighted by molar-refractivity contribution is 5.90.